The van der Waals surface area contributed by atoms with Crippen molar-refractivity contribution in [3.05, 3.63) is 63.3 Å². The molecule has 2 aromatic heterocycles. The average Bonchev–Trinajstić information content (AvgIpc) is 3.02. The fourth-order valence-corrected chi connectivity index (χ4v) is 3.54. The number of amides is 1. The zero-order chi connectivity index (χ0) is 18.1. The number of rotatable bonds is 4. The molecule has 26 heavy (non-hydrogen) atoms. The van der Waals surface area contributed by atoms with Crippen LogP contribution in [-0.4, -0.2) is 20.1 Å². The molecule has 2 heterocycles. The van der Waals surface area contributed by atoms with Crippen molar-refractivity contribution in [2.75, 3.05) is 5.32 Å². The minimum absolute atomic E-state index is 0.0811. The molecule has 0 aliphatic heterocycles. The Kier molecular flexibility index (Phi) is 4.51. The molecule has 1 aliphatic rings. The summed E-state index contributed by atoms with van der Waals surface area (Å²) in [6, 6.07) is 6.94. The van der Waals surface area contributed by atoms with E-state index >= 15 is 0 Å². The largest absolute Gasteiger partial charge is 0.326 e. The van der Waals surface area contributed by atoms with Gasteiger partial charge in [-0.3, -0.25) is 9.59 Å². The Hall–Kier alpha value is -2.60. The lowest BCUT2D eigenvalue weighted by atomic mass is 9.97. The second kappa shape index (κ2) is 6.96. The maximum atomic E-state index is 12.8. The van der Waals surface area contributed by atoms with Gasteiger partial charge < -0.3 is 9.88 Å². The Bertz CT molecular complexity index is 1020. The third-order valence-corrected chi connectivity index (χ3v) is 4.99. The summed E-state index contributed by atoms with van der Waals surface area (Å²) in [6.07, 6.45) is 7.75. The molecule has 1 aromatic carbocycles. The van der Waals surface area contributed by atoms with Crippen LogP contribution >= 0.6 is 11.6 Å². The molecule has 0 bridgehead atoms. The summed E-state index contributed by atoms with van der Waals surface area (Å²) >= 11 is 5.84. The Balaban J connectivity index is 1.50. The molecule has 3 aromatic rings. The number of hydrogen-bond acceptors (Lipinski definition) is 3. The van der Waals surface area contributed by atoms with Gasteiger partial charge in [-0.05, 0) is 49.9 Å². The summed E-state index contributed by atoms with van der Waals surface area (Å²) in [6.45, 7) is 0.328. The Morgan fingerprint density at radius 1 is 1.15 bits per heavy atom. The second-order valence-corrected chi connectivity index (χ2v) is 6.96. The minimum Gasteiger partial charge on any atom is -0.326 e. The van der Waals surface area contributed by atoms with E-state index in [0.29, 0.717) is 22.8 Å². The SMILES string of the molecule is O=C(CCn1ccn2nc3c(c2c1=O)CCCC3)Nc1ccc(Cl)cc1. The number of nitrogens with one attached hydrogen (secondary N) is 1. The van der Waals surface area contributed by atoms with Gasteiger partial charge in [0, 0.05) is 41.6 Å². The molecular formula is C19H19ClN4O2. The van der Waals surface area contributed by atoms with Crippen LogP contribution in [0, 0.1) is 0 Å². The lowest BCUT2D eigenvalue weighted by Gasteiger charge is -2.10. The van der Waals surface area contributed by atoms with E-state index < -0.39 is 0 Å². The number of fused-ring (bicyclic) bond motifs is 3. The van der Waals surface area contributed by atoms with Gasteiger partial charge in [0.05, 0.1) is 5.69 Å². The van der Waals surface area contributed by atoms with E-state index in [2.05, 4.69) is 10.4 Å². The van der Waals surface area contributed by atoms with Crippen molar-refractivity contribution in [3.8, 4) is 0 Å². The first-order chi connectivity index (χ1) is 12.6. The van der Waals surface area contributed by atoms with E-state index in [0.717, 1.165) is 36.9 Å². The summed E-state index contributed by atoms with van der Waals surface area (Å²) in [5.41, 5.74) is 3.36. The van der Waals surface area contributed by atoms with E-state index in [9.17, 15) is 9.59 Å². The monoisotopic (exact) mass is 370 g/mol. The maximum absolute atomic E-state index is 12.8. The molecule has 1 amide bonds. The van der Waals surface area contributed by atoms with E-state index in [-0.39, 0.29) is 17.9 Å². The number of carbonyl (C=O) groups is 1. The first kappa shape index (κ1) is 16.8. The Morgan fingerprint density at radius 3 is 2.73 bits per heavy atom. The van der Waals surface area contributed by atoms with Crippen LogP contribution in [0.1, 0.15) is 30.5 Å². The van der Waals surface area contributed by atoms with Gasteiger partial charge in [-0.25, -0.2) is 4.52 Å². The van der Waals surface area contributed by atoms with Crippen LogP contribution in [0.2, 0.25) is 5.02 Å². The van der Waals surface area contributed by atoms with Crippen molar-refractivity contribution < 1.29 is 4.79 Å². The highest BCUT2D eigenvalue weighted by atomic mass is 35.5. The zero-order valence-electron chi connectivity index (χ0n) is 14.2. The van der Waals surface area contributed by atoms with Crippen LogP contribution in [0.15, 0.2) is 41.5 Å². The smallest absolute Gasteiger partial charge is 0.276 e. The van der Waals surface area contributed by atoms with Gasteiger partial charge in [0.1, 0.15) is 5.52 Å². The Morgan fingerprint density at radius 2 is 1.92 bits per heavy atom. The summed E-state index contributed by atoms with van der Waals surface area (Å²) in [7, 11) is 0. The normalized spacial score (nSPS) is 13.6. The van der Waals surface area contributed by atoms with Crippen molar-refractivity contribution in [3.63, 3.8) is 0 Å². The lowest BCUT2D eigenvalue weighted by molar-refractivity contribution is -0.116. The van der Waals surface area contributed by atoms with Gasteiger partial charge in [0.25, 0.3) is 5.56 Å². The topological polar surface area (TPSA) is 68.4 Å². The molecule has 0 spiro atoms. The molecule has 1 aliphatic carbocycles. The summed E-state index contributed by atoms with van der Waals surface area (Å²) in [4.78, 5) is 25.0. The molecule has 0 radical (unpaired) electrons. The first-order valence-corrected chi connectivity index (χ1v) is 9.14. The second-order valence-electron chi connectivity index (χ2n) is 6.53. The van der Waals surface area contributed by atoms with Crippen molar-refractivity contribution in [1.29, 1.82) is 0 Å². The predicted molar refractivity (Wildman–Crippen MR) is 101 cm³/mol. The molecule has 134 valence electrons. The zero-order valence-corrected chi connectivity index (χ0v) is 15.0. The lowest BCUT2D eigenvalue weighted by Crippen LogP contribution is -2.24. The molecule has 0 unspecified atom stereocenters. The van der Waals surface area contributed by atoms with Gasteiger partial charge in [0.2, 0.25) is 5.91 Å². The van der Waals surface area contributed by atoms with Crippen LogP contribution < -0.4 is 10.9 Å². The molecule has 0 saturated heterocycles. The van der Waals surface area contributed by atoms with E-state index in [1.165, 1.54) is 0 Å². The van der Waals surface area contributed by atoms with Crippen LogP contribution in [-0.2, 0) is 24.2 Å². The molecule has 0 atom stereocenters. The van der Waals surface area contributed by atoms with Gasteiger partial charge in [0.15, 0.2) is 0 Å². The first-order valence-electron chi connectivity index (χ1n) is 8.77. The van der Waals surface area contributed by atoms with E-state index in [1.807, 2.05) is 0 Å². The van der Waals surface area contributed by atoms with Gasteiger partial charge in [-0.15, -0.1) is 0 Å². The standard InChI is InChI=1S/C19H19ClN4O2/c20-13-5-7-14(8-6-13)21-17(25)9-10-23-11-12-24-18(19(23)26)15-3-1-2-4-16(15)22-24/h5-8,11-12H,1-4,9-10H2,(H,21,25). The number of halogens is 1. The molecule has 0 saturated carbocycles. The number of benzene rings is 1. The van der Waals surface area contributed by atoms with E-state index in [4.69, 9.17) is 11.6 Å². The van der Waals surface area contributed by atoms with E-state index in [1.54, 1.807) is 45.7 Å². The number of aryl methyl sites for hydroxylation is 3. The summed E-state index contributed by atoms with van der Waals surface area (Å²) in [5.74, 6) is -0.144. The van der Waals surface area contributed by atoms with Crippen molar-refractivity contribution in [1.82, 2.24) is 14.2 Å². The third kappa shape index (κ3) is 3.24. The Labute approximate surface area is 155 Å². The third-order valence-electron chi connectivity index (χ3n) is 4.74. The number of hydrogen-bond donors (Lipinski definition) is 1. The number of carbonyl (C=O) groups excluding carboxylic acids is 1. The number of anilines is 1. The van der Waals surface area contributed by atoms with Gasteiger partial charge >= 0.3 is 0 Å². The van der Waals surface area contributed by atoms with Crippen molar-refractivity contribution >= 4 is 28.7 Å². The minimum atomic E-state index is -0.144. The van der Waals surface area contributed by atoms with Crippen LogP contribution in [0.5, 0.6) is 0 Å². The highest BCUT2D eigenvalue weighted by Gasteiger charge is 2.19. The van der Waals surface area contributed by atoms with Crippen LogP contribution in [0.25, 0.3) is 5.52 Å². The number of aromatic nitrogens is 3. The predicted octanol–water partition coefficient (Wildman–Crippen LogP) is 3.06. The molecule has 1 N–H and O–H groups in total. The maximum Gasteiger partial charge on any atom is 0.276 e. The molecule has 0 fully saturated rings. The molecular weight excluding hydrogens is 352 g/mol. The highest BCUT2D eigenvalue weighted by Crippen LogP contribution is 2.22. The summed E-state index contributed by atoms with van der Waals surface area (Å²) < 4.78 is 3.27. The van der Waals surface area contributed by atoms with Crippen molar-refractivity contribution in [2.24, 2.45) is 0 Å². The quantitative estimate of drug-likeness (QED) is 0.767. The van der Waals surface area contributed by atoms with Crippen LogP contribution in [0.3, 0.4) is 0 Å². The molecule has 4 rings (SSSR count). The molecule has 7 heteroatoms. The van der Waals surface area contributed by atoms with Crippen molar-refractivity contribution in [2.45, 2.75) is 38.6 Å². The average molecular weight is 371 g/mol. The van der Waals surface area contributed by atoms with Gasteiger partial charge in [-0.1, -0.05) is 11.6 Å². The van der Waals surface area contributed by atoms with Crippen LogP contribution in [0.4, 0.5) is 5.69 Å². The molecule has 6 nitrogen and oxygen atoms in total. The van der Waals surface area contributed by atoms with Gasteiger partial charge in [-0.2, -0.15) is 5.10 Å². The highest BCUT2D eigenvalue weighted by molar-refractivity contribution is 6.30. The number of nitrogens with zero attached hydrogens (tertiary/aromatic N) is 3. The fourth-order valence-electron chi connectivity index (χ4n) is 3.41. The summed E-state index contributed by atoms with van der Waals surface area (Å²) in [5, 5.41) is 7.95. The fraction of sp³-hybridized carbons (Fsp3) is 0.316.